The summed E-state index contributed by atoms with van der Waals surface area (Å²) in [5.41, 5.74) is 0. The Morgan fingerprint density at radius 1 is 1.33 bits per heavy atom. The van der Waals surface area contributed by atoms with Gasteiger partial charge < -0.3 is 14.5 Å². The second-order valence-electron chi connectivity index (χ2n) is 4.25. The maximum Gasteiger partial charge on any atom is 0.211 e. The van der Waals surface area contributed by atoms with Crippen LogP contribution < -0.4 is 5.32 Å². The maximum atomic E-state index is 5.75. The second-order valence-corrected chi connectivity index (χ2v) is 4.25. The van der Waals surface area contributed by atoms with E-state index in [1.54, 1.807) is 0 Å². The molecule has 2 aliphatic rings. The number of aromatic nitrogens is 1. The predicted molar refractivity (Wildman–Crippen MR) is 54.4 cm³/mol. The third-order valence-electron chi connectivity index (χ3n) is 3.15. The molecule has 2 atom stereocenters. The number of nitrogens with zero attached hydrogens (tertiary/aromatic N) is 1. The lowest BCUT2D eigenvalue weighted by molar-refractivity contribution is 0.0918. The average molecular weight is 208 g/mol. The first-order chi connectivity index (χ1) is 7.43. The smallest absolute Gasteiger partial charge is 0.211 e. The Hall–Kier alpha value is -0.870. The Balaban J connectivity index is 1.74. The molecule has 2 aliphatic heterocycles. The molecule has 0 amide bonds. The molecule has 1 aromatic heterocycles. The van der Waals surface area contributed by atoms with Gasteiger partial charge in [-0.2, -0.15) is 0 Å². The van der Waals surface area contributed by atoms with E-state index in [-0.39, 0.29) is 6.10 Å². The highest BCUT2D eigenvalue weighted by atomic mass is 16.5. The summed E-state index contributed by atoms with van der Waals surface area (Å²) in [6.45, 7) is 1.92. The SMILES string of the molecule is c1nc(C2CCCN2)oc1C1CCCO1. The minimum Gasteiger partial charge on any atom is -0.441 e. The number of ether oxygens (including phenoxy) is 1. The van der Waals surface area contributed by atoms with Gasteiger partial charge in [0.1, 0.15) is 6.10 Å². The summed E-state index contributed by atoms with van der Waals surface area (Å²) in [5, 5.41) is 3.38. The van der Waals surface area contributed by atoms with Crippen LogP contribution >= 0.6 is 0 Å². The molecule has 1 N–H and O–H groups in total. The molecule has 3 heterocycles. The highest BCUT2D eigenvalue weighted by molar-refractivity contribution is 5.03. The summed E-state index contributed by atoms with van der Waals surface area (Å²) in [6, 6.07) is 0.320. The number of oxazole rings is 1. The number of nitrogens with one attached hydrogen (secondary N) is 1. The van der Waals surface area contributed by atoms with Gasteiger partial charge in [0.05, 0.1) is 12.2 Å². The normalized spacial score (nSPS) is 31.2. The van der Waals surface area contributed by atoms with Gasteiger partial charge in [-0.15, -0.1) is 0 Å². The van der Waals surface area contributed by atoms with Crippen LogP contribution in [-0.4, -0.2) is 18.1 Å². The van der Waals surface area contributed by atoms with Gasteiger partial charge >= 0.3 is 0 Å². The molecule has 0 aliphatic carbocycles. The van der Waals surface area contributed by atoms with E-state index >= 15 is 0 Å². The largest absolute Gasteiger partial charge is 0.441 e. The summed E-state index contributed by atoms with van der Waals surface area (Å²) in [4.78, 5) is 4.33. The fourth-order valence-electron chi connectivity index (χ4n) is 2.31. The maximum absolute atomic E-state index is 5.75. The Morgan fingerprint density at radius 2 is 2.33 bits per heavy atom. The topological polar surface area (TPSA) is 47.3 Å². The van der Waals surface area contributed by atoms with E-state index in [0.29, 0.717) is 6.04 Å². The molecule has 2 unspecified atom stereocenters. The Kier molecular flexibility index (Phi) is 2.46. The lowest BCUT2D eigenvalue weighted by Gasteiger charge is -2.06. The van der Waals surface area contributed by atoms with Gasteiger partial charge in [0.15, 0.2) is 5.76 Å². The molecule has 0 saturated carbocycles. The molecule has 3 rings (SSSR count). The van der Waals surface area contributed by atoms with E-state index < -0.39 is 0 Å². The van der Waals surface area contributed by atoms with Crippen molar-refractivity contribution in [2.24, 2.45) is 0 Å². The van der Waals surface area contributed by atoms with Crippen molar-refractivity contribution in [1.82, 2.24) is 10.3 Å². The van der Waals surface area contributed by atoms with Gasteiger partial charge in [-0.25, -0.2) is 4.98 Å². The molecule has 0 aromatic carbocycles. The summed E-state index contributed by atoms with van der Waals surface area (Å²) in [5.74, 6) is 1.73. The van der Waals surface area contributed by atoms with Crippen molar-refractivity contribution in [2.75, 3.05) is 13.2 Å². The summed E-state index contributed by atoms with van der Waals surface area (Å²) in [6.07, 6.45) is 6.50. The van der Waals surface area contributed by atoms with Gasteiger partial charge in [0, 0.05) is 6.61 Å². The van der Waals surface area contributed by atoms with Gasteiger partial charge in [-0.3, -0.25) is 0 Å². The van der Waals surface area contributed by atoms with E-state index in [4.69, 9.17) is 9.15 Å². The molecule has 15 heavy (non-hydrogen) atoms. The second kappa shape index (κ2) is 3.94. The van der Waals surface area contributed by atoms with Crippen LogP contribution in [0, 0.1) is 0 Å². The van der Waals surface area contributed by atoms with E-state index in [1.165, 1.54) is 6.42 Å². The van der Waals surface area contributed by atoms with Crippen LogP contribution in [0.1, 0.15) is 49.5 Å². The zero-order chi connectivity index (χ0) is 10.1. The molecule has 0 spiro atoms. The predicted octanol–water partition coefficient (Wildman–Crippen LogP) is 1.95. The quantitative estimate of drug-likeness (QED) is 0.807. The van der Waals surface area contributed by atoms with Crippen molar-refractivity contribution >= 4 is 0 Å². The fraction of sp³-hybridized carbons (Fsp3) is 0.727. The first kappa shape index (κ1) is 9.36. The lowest BCUT2D eigenvalue weighted by Crippen LogP contribution is -2.12. The summed E-state index contributed by atoms with van der Waals surface area (Å²) < 4.78 is 11.3. The molecular formula is C11H16N2O2. The standard InChI is InChI=1S/C11H16N2O2/c1-3-8(12-5-1)11-13-7-10(15-11)9-4-2-6-14-9/h7-9,12H,1-6H2. The molecule has 2 fully saturated rings. The lowest BCUT2D eigenvalue weighted by atomic mass is 10.2. The van der Waals surface area contributed by atoms with Crippen molar-refractivity contribution in [3.8, 4) is 0 Å². The molecule has 0 bridgehead atoms. The fourth-order valence-corrected chi connectivity index (χ4v) is 2.31. The molecule has 82 valence electrons. The van der Waals surface area contributed by atoms with Gasteiger partial charge in [-0.05, 0) is 32.2 Å². The number of rotatable bonds is 2. The highest BCUT2D eigenvalue weighted by Crippen LogP contribution is 2.31. The summed E-state index contributed by atoms with van der Waals surface area (Å²) in [7, 11) is 0. The molecule has 4 heteroatoms. The zero-order valence-electron chi connectivity index (χ0n) is 8.74. The van der Waals surface area contributed by atoms with Crippen LogP contribution in [-0.2, 0) is 4.74 Å². The van der Waals surface area contributed by atoms with Crippen molar-refractivity contribution < 1.29 is 9.15 Å². The van der Waals surface area contributed by atoms with Crippen molar-refractivity contribution in [3.63, 3.8) is 0 Å². The van der Waals surface area contributed by atoms with Gasteiger partial charge in [0.2, 0.25) is 5.89 Å². The van der Waals surface area contributed by atoms with Crippen molar-refractivity contribution in [1.29, 1.82) is 0 Å². The average Bonchev–Trinajstić information content (AvgIpc) is 3.02. The Labute approximate surface area is 89.0 Å². The van der Waals surface area contributed by atoms with Crippen molar-refractivity contribution in [3.05, 3.63) is 17.8 Å². The Bertz CT molecular complexity index is 295. The van der Waals surface area contributed by atoms with Crippen molar-refractivity contribution in [2.45, 2.75) is 37.8 Å². The molecule has 2 saturated heterocycles. The van der Waals surface area contributed by atoms with Crippen LogP contribution in [0.15, 0.2) is 10.6 Å². The van der Waals surface area contributed by atoms with Crippen LogP contribution in [0.4, 0.5) is 0 Å². The minimum absolute atomic E-state index is 0.146. The molecular weight excluding hydrogens is 192 g/mol. The monoisotopic (exact) mass is 208 g/mol. The van der Waals surface area contributed by atoms with E-state index in [1.807, 2.05) is 6.20 Å². The van der Waals surface area contributed by atoms with E-state index in [0.717, 1.165) is 44.1 Å². The van der Waals surface area contributed by atoms with Gasteiger partial charge in [-0.1, -0.05) is 0 Å². The molecule has 4 nitrogen and oxygen atoms in total. The number of hydrogen-bond donors (Lipinski definition) is 1. The minimum atomic E-state index is 0.146. The third-order valence-corrected chi connectivity index (χ3v) is 3.15. The molecule has 0 radical (unpaired) electrons. The van der Waals surface area contributed by atoms with Gasteiger partial charge in [0.25, 0.3) is 0 Å². The van der Waals surface area contributed by atoms with Crippen LogP contribution in [0.5, 0.6) is 0 Å². The zero-order valence-corrected chi connectivity index (χ0v) is 8.74. The first-order valence-corrected chi connectivity index (χ1v) is 5.74. The van der Waals surface area contributed by atoms with E-state index in [9.17, 15) is 0 Å². The number of hydrogen-bond acceptors (Lipinski definition) is 4. The highest BCUT2D eigenvalue weighted by Gasteiger charge is 2.25. The molecule has 1 aromatic rings. The third kappa shape index (κ3) is 1.79. The Morgan fingerprint density at radius 3 is 3.07 bits per heavy atom. The van der Waals surface area contributed by atoms with E-state index in [2.05, 4.69) is 10.3 Å². The first-order valence-electron chi connectivity index (χ1n) is 5.74. The van der Waals surface area contributed by atoms with Crippen LogP contribution in [0.3, 0.4) is 0 Å². The van der Waals surface area contributed by atoms with Crippen LogP contribution in [0.25, 0.3) is 0 Å². The summed E-state index contributed by atoms with van der Waals surface area (Å²) >= 11 is 0. The van der Waals surface area contributed by atoms with Crippen LogP contribution in [0.2, 0.25) is 0 Å².